The lowest BCUT2D eigenvalue weighted by atomic mass is 9.93. The van der Waals surface area contributed by atoms with Gasteiger partial charge in [-0.25, -0.2) is 4.68 Å². The molecule has 1 aliphatic heterocycles. The van der Waals surface area contributed by atoms with Crippen molar-refractivity contribution >= 4 is 34.9 Å². The van der Waals surface area contributed by atoms with Crippen LogP contribution in [0.15, 0.2) is 22.3 Å². The zero-order valence-electron chi connectivity index (χ0n) is 14.2. The van der Waals surface area contributed by atoms with Gasteiger partial charge in [-0.3, -0.25) is 4.79 Å². The zero-order chi connectivity index (χ0) is 18.1. The lowest BCUT2D eigenvalue weighted by molar-refractivity contribution is 0.103. The molecule has 0 saturated carbocycles. The van der Waals surface area contributed by atoms with Crippen molar-refractivity contribution in [2.75, 3.05) is 12.9 Å². The lowest BCUT2D eigenvalue weighted by Crippen LogP contribution is -2.16. The normalized spacial score (nSPS) is 15.3. The first kappa shape index (κ1) is 17.8. The third-order valence-corrected chi connectivity index (χ3v) is 5.70. The Morgan fingerprint density at radius 2 is 2.28 bits per heavy atom. The predicted octanol–water partition coefficient (Wildman–Crippen LogP) is 3.65. The standard InChI is InChI=1S/C17H18ClN3O3S/c1-4-21-17(23)11(8-19-21)15(22)10-7-12(18)16-14(9(10)2)13(20-24-3)5-6-25-16/h7-8,23H,4-6H2,1-3H3. The highest BCUT2D eigenvalue weighted by molar-refractivity contribution is 7.99. The number of hydrogen-bond donors (Lipinski definition) is 1. The lowest BCUT2D eigenvalue weighted by Gasteiger charge is -2.22. The Labute approximate surface area is 154 Å². The second-order valence-electron chi connectivity index (χ2n) is 5.58. The highest BCUT2D eigenvalue weighted by Gasteiger charge is 2.28. The number of fused-ring (bicyclic) bond motifs is 1. The van der Waals surface area contributed by atoms with Crippen LogP contribution in [0.3, 0.4) is 0 Å². The van der Waals surface area contributed by atoms with E-state index in [1.807, 2.05) is 13.8 Å². The molecule has 0 aliphatic carbocycles. The van der Waals surface area contributed by atoms with E-state index in [1.165, 1.54) is 18.0 Å². The van der Waals surface area contributed by atoms with Crippen LogP contribution in [0.4, 0.5) is 0 Å². The van der Waals surface area contributed by atoms with Crippen molar-refractivity contribution in [2.24, 2.45) is 5.16 Å². The van der Waals surface area contributed by atoms with Crippen molar-refractivity contribution in [3.8, 4) is 5.88 Å². The summed E-state index contributed by atoms with van der Waals surface area (Å²) in [6, 6.07) is 1.66. The number of halogens is 1. The fourth-order valence-electron chi connectivity index (χ4n) is 2.94. The van der Waals surface area contributed by atoms with Crippen LogP contribution in [0.1, 0.15) is 40.4 Å². The Hall–Kier alpha value is -1.99. The second kappa shape index (κ2) is 7.09. The van der Waals surface area contributed by atoms with Gasteiger partial charge in [0.15, 0.2) is 5.78 Å². The molecule has 1 aromatic heterocycles. The summed E-state index contributed by atoms with van der Waals surface area (Å²) in [5, 5.41) is 18.8. The van der Waals surface area contributed by atoms with Crippen molar-refractivity contribution in [1.82, 2.24) is 9.78 Å². The molecule has 0 saturated heterocycles. The molecule has 0 fully saturated rings. The largest absolute Gasteiger partial charge is 0.493 e. The zero-order valence-corrected chi connectivity index (χ0v) is 15.7. The molecule has 0 bridgehead atoms. The fourth-order valence-corrected chi connectivity index (χ4v) is 4.42. The van der Waals surface area contributed by atoms with E-state index < -0.39 is 0 Å². The molecule has 132 valence electrons. The summed E-state index contributed by atoms with van der Waals surface area (Å²) in [6.45, 7) is 4.18. The van der Waals surface area contributed by atoms with Crippen molar-refractivity contribution in [2.45, 2.75) is 31.7 Å². The number of aromatic nitrogens is 2. The number of hydrogen-bond acceptors (Lipinski definition) is 6. The highest BCUT2D eigenvalue weighted by Crippen LogP contribution is 2.40. The van der Waals surface area contributed by atoms with Gasteiger partial charge in [0, 0.05) is 34.7 Å². The van der Waals surface area contributed by atoms with Gasteiger partial charge in [-0.05, 0) is 25.5 Å². The average Bonchev–Trinajstić information content (AvgIpc) is 2.98. The minimum atomic E-state index is -0.313. The third-order valence-electron chi connectivity index (χ3n) is 4.17. The maximum atomic E-state index is 13.0. The van der Waals surface area contributed by atoms with E-state index in [4.69, 9.17) is 16.4 Å². The Morgan fingerprint density at radius 1 is 1.52 bits per heavy atom. The molecular formula is C17H18ClN3O3S. The van der Waals surface area contributed by atoms with Crippen LogP contribution >= 0.6 is 23.4 Å². The number of aryl methyl sites for hydroxylation is 1. The monoisotopic (exact) mass is 379 g/mol. The van der Waals surface area contributed by atoms with Gasteiger partial charge < -0.3 is 9.94 Å². The van der Waals surface area contributed by atoms with Crippen molar-refractivity contribution in [1.29, 1.82) is 0 Å². The SMILES string of the molecule is CCn1ncc(C(=O)c2cc(Cl)c3c(c2C)C(=NOC)CCS3)c1O. The molecule has 3 rings (SSSR count). The first-order chi connectivity index (χ1) is 12.0. The molecule has 0 amide bonds. The topological polar surface area (TPSA) is 76.7 Å². The Bertz CT molecular complexity index is 877. The van der Waals surface area contributed by atoms with Crippen LogP contribution in [-0.2, 0) is 11.4 Å². The molecule has 0 radical (unpaired) electrons. The number of carbonyl (C=O) groups excluding carboxylic acids is 1. The maximum Gasteiger partial charge on any atom is 0.220 e. The Morgan fingerprint density at radius 3 is 2.92 bits per heavy atom. The van der Waals surface area contributed by atoms with Crippen LogP contribution in [0.25, 0.3) is 0 Å². The molecule has 2 aromatic rings. The maximum absolute atomic E-state index is 13.0. The average molecular weight is 380 g/mol. The van der Waals surface area contributed by atoms with Crippen LogP contribution in [0.5, 0.6) is 5.88 Å². The number of benzene rings is 1. The Kier molecular flexibility index (Phi) is 5.06. The van der Waals surface area contributed by atoms with Gasteiger partial charge >= 0.3 is 0 Å². The molecule has 6 nitrogen and oxygen atoms in total. The summed E-state index contributed by atoms with van der Waals surface area (Å²) in [4.78, 5) is 18.8. The van der Waals surface area contributed by atoms with Crippen LogP contribution in [-0.4, -0.2) is 39.2 Å². The van der Waals surface area contributed by atoms with E-state index in [0.717, 1.165) is 33.9 Å². The number of aromatic hydroxyl groups is 1. The molecule has 0 unspecified atom stereocenters. The number of thioether (sulfide) groups is 1. The first-order valence-corrected chi connectivity index (χ1v) is 9.21. The van der Waals surface area contributed by atoms with Crippen molar-refractivity contribution in [3.63, 3.8) is 0 Å². The molecule has 25 heavy (non-hydrogen) atoms. The number of ketones is 1. The van der Waals surface area contributed by atoms with Gasteiger partial charge in [-0.1, -0.05) is 16.8 Å². The minimum absolute atomic E-state index is 0.138. The van der Waals surface area contributed by atoms with E-state index in [0.29, 0.717) is 17.1 Å². The molecule has 1 aliphatic rings. The molecule has 0 atom stereocenters. The number of carbonyl (C=O) groups is 1. The Balaban J connectivity index is 2.16. The molecular weight excluding hydrogens is 362 g/mol. The summed E-state index contributed by atoms with van der Waals surface area (Å²) in [5.74, 6) is 0.402. The highest BCUT2D eigenvalue weighted by atomic mass is 35.5. The van der Waals surface area contributed by atoms with Gasteiger partial charge in [-0.15, -0.1) is 11.8 Å². The molecule has 2 heterocycles. The minimum Gasteiger partial charge on any atom is -0.493 e. The van der Waals surface area contributed by atoms with E-state index in [9.17, 15) is 9.90 Å². The molecule has 8 heteroatoms. The van der Waals surface area contributed by atoms with Crippen LogP contribution in [0, 0.1) is 6.92 Å². The smallest absolute Gasteiger partial charge is 0.220 e. The van der Waals surface area contributed by atoms with Gasteiger partial charge in [0.1, 0.15) is 12.7 Å². The van der Waals surface area contributed by atoms with Gasteiger partial charge in [0.05, 0.1) is 16.9 Å². The first-order valence-electron chi connectivity index (χ1n) is 7.85. The van der Waals surface area contributed by atoms with E-state index in [2.05, 4.69) is 10.3 Å². The molecule has 1 N–H and O–H groups in total. The van der Waals surface area contributed by atoms with Gasteiger partial charge in [-0.2, -0.15) is 5.10 Å². The second-order valence-corrected chi connectivity index (χ2v) is 7.09. The molecule has 1 aromatic carbocycles. The molecule has 0 spiro atoms. The van der Waals surface area contributed by atoms with Crippen molar-refractivity contribution < 1.29 is 14.7 Å². The summed E-state index contributed by atoms with van der Waals surface area (Å²) in [5.41, 5.74) is 2.99. The number of nitrogens with zero attached hydrogens (tertiary/aromatic N) is 3. The predicted molar refractivity (Wildman–Crippen MR) is 98.1 cm³/mol. The summed E-state index contributed by atoms with van der Waals surface area (Å²) in [7, 11) is 1.50. The third kappa shape index (κ3) is 3.02. The van der Waals surface area contributed by atoms with Crippen LogP contribution < -0.4 is 0 Å². The van der Waals surface area contributed by atoms with Crippen molar-refractivity contribution in [3.05, 3.63) is 39.5 Å². The fraction of sp³-hybridized carbons (Fsp3) is 0.353. The van der Waals surface area contributed by atoms with Gasteiger partial charge in [0.25, 0.3) is 0 Å². The number of rotatable bonds is 4. The van der Waals surface area contributed by atoms with Crippen LogP contribution in [0.2, 0.25) is 5.02 Å². The van der Waals surface area contributed by atoms with E-state index >= 15 is 0 Å². The van der Waals surface area contributed by atoms with Gasteiger partial charge in [0.2, 0.25) is 5.88 Å². The summed E-state index contributed by atoms with van der Waals surface area (Å²) >= 11 is 8.08. The quantitative estimate of drug-likeness (QED) is 0.648. The van der Waals surface area contributed by atoms with E-state index in [-0.39, 0.29) is 17.2 Å². The summed E-state index contributed by atoms with van der Waals surface area (Å²) < 4.78 is 1.37. The number of oxime groups is 1. The summed E-state index contributed by atoms with van der Waals surface area (Å²) in [6.07, 6.45) is 2.12. The van der Waals surface area contributed by atoms with E-state index in [1.54, 1.807) is 17.8 Å².